The molecule has 1 heterocycles. The summed E-state index contributed by atoms with van der Waals surface area (Å²) in [6, 6.07) is -0.0721. The molecule has 3 N–H and O–H groups in total. The molecule has 2 aliphatic rings. The quantitative estimate of drug-likeness (QED) is 0.658. The van der Waals surface area contributed by atoms with Crippen molar-refractivity contribution >= 4 is 17.9 Å². The summed E-state index contributed by atoms with van der Waals surface area (Å²) in [5.74, 6) is -0.157. The van der Waals surface area contributed by atoms with E-state index in [1.54, 1.807) is 4.90 Å². The molecule has 0 spiro atoms. The number of hydrogen-bond donors (Lipinski definition) is 3. The smallest absolute Gasteiger partial charge is 0.329 e. The second kappa shape index (κ2) is 9.42. The Bertz CT molecular complexity index is 541. The van der Waals surface area contributed by atoms with Crippen molar-refractivity contribution in [3.63, 3.8) is 0 Å². The Balaban J connectivity index is 1.87. The van der Waals surface area contributed by atoms with Crippen LogP contribution in [0.15, 0.2) is 0 Å². The van der Waals surface area contributed by atoms with Crippen LogP contribution in [0.1, 0.15) is 65.7 Å². The SMILES string of the molecule is CC(C)CNC(=O)N1CCCC(CC(=O)NC2(C(=O)O)CCC(C)CC2)C1. The highest BCUT2D eigenvalue weighted by Gasteiger charge is 2.42. The number of nitrogens with zero attached hydrogens (tertiary/aromatic N) is 1. The lowest BCUT2D eigenvalue weighted by atomic mass is 9.77. The van der Waals surface area contributed by atoms with Crippen LogP contribution in [-0.4, -0.2) is 53.1 Å². The molecule has 0 aromatic heterocycles. The van der Waals surface area contributed by atoms with Crippen LogP contribution in [-0.2, 0) is 9.59 Å². The summed E-state index contributed by atoms with van der Waals surface area (Å²) >= 11 is 0. The standard InChI is InChI=1S/C20H35N3O4/c1-14(2)12-21-19(27)23-10-4-5-16(13-23)11-17(24)22-20(18(25)26)8-6-15(3)7-9-20/h14-16H,4-13H2,1-3H3,(H,21,27)(H,22,24)(H,25,26). The van der Waals surface area contributed by atoms with Gasteiger partial charge in [-0.15, -0.1) is 0 Å². The van der Waals surface area contributed by atoms with Gasteiger partial charge < -0.3 is 20.6 Å². The third-order valence-electron chi connectivity index (χ3n) is 5.86. The molecule has 1 unspecified atom stereocenters. The summed E-state index contributed by atoms with van der Waals surface area (Å²) in [6.07, 6.45) is 4.65. The molecule has 7 heteroatoms. The molecular weight excluding hydrogens is 346 g/mol. The Morgan fingerprint density at radius 2 is 1.85 bits per heavy atom. The zero-order valence-corrected chi connectivity index (χ0v) is 16.9. The number of carbonyl (C=O) groups excluding carboxylic acids is 2. The lowest BCUT2D eigenvalue weighted by Crippen LogP contribution is -2.56. The van der Waals surface area contributed by atoms with Crippen molar-refractivity contribution in [2.24, 2.45) is 17.8 Å². The Hall–Kier alpha value is -1.79. The summed E-state index contributed by atoms with van der Waals surface area (Å²) in [6.45, 7) is 8.11. The Morgan fingerprint density at radius 1 is 1.19 bits per heavy atom. The van der Waals surface area contributed by atoms with Gasteiger partial charge in [-0.25, -0.2) is 9.59 Å². The minimum absolute atomic E-state index is 0.0721. The molecule has 2 fully saturated rings. The number of aliphatic carboxylic acids is 1. The van der Waals surface area contributed by atoms with Crippen molar-refractivity contribution in [1.29, 1.82) is 0 Å². The summed E-state index contributed by atoms with van der Waals surface area (Å²) < 4.78 is 0. The first-order valence-electron chi connectivity index (χ1n) is 10.3. The monoisotopic (exact) mass is 381 g/mol. The average Bonchev–Trinajstić information content (AvgIpc) is 2.61. The van der Waals surface area contributed by atoms with E-state index in [0.29, 0.717) is 44.3 Å². The number of piperidine rings is 1. The van der Waals surface area contributed by atoms with Gasteiger partial charge in [0, 0.05) is 26.1 Å². The first-order valence-corrected chi connectivity index (χ1v) is 10.3. The van der Waals surface area contributed by atoms with Crippen molar-refractivity contribution in [2.45, 2.75) is 71.3 Å². The predicted octanol–water partition coefficient (Wildman–Crippen LogP) is 2.60. The molecule has 0 bridgehead atoms. The largest absolute Gasteiger partial charge is 0.480 e. The summed E-state index contributed by atoms with van der Waals surface area (Å²) in [5, 5.41) is 15.4. The molecular formula is C20H35N3O4. The molecule has 0 radical (unpaired) electrons. The van der Waals surface area contributed by atoms with Crippen LogP contribution in [0.3, 0.4) is 0 Å². The lowest BCUT2D eigenvalue weighted by Gasteiger charge is -2.37. The van der Waals surface area contributed by atoms with E-state index >= 15 is 0 Å². The van der Waals surface area contributed by atoms with Crippen LogP contribution >= 0.6 is 0 Å². The first kappa shape index (κ1) is 21.5. The van der Waals surface area contributed by atoms with E-state index in [1.807, 2.05) is 13.8 Å². The second-order valence-corrected chi connectivity index (χ2v) is 8.86. The van der Waals surface area contributed by atoms with Crippen LogP contribution in [0.4, 0.5) is 4.79 Å². The van der Waals surface area contributed by atoms with Gasteiger partial charge in [0.2, 0.25) is 5.91 Å². The minimum atomic E-state index is -1.12. The van der Waals surface area contributed by atoms with Crippen LogP contribution in [0, 0.1) is 17.8 Å². The fraction of sp³-hybridized carbons (Fsp3) is 0.850. The van der Waals surface area contributed by atoms with Crippen molar-refractivity contribution in [2.75, 3.05) is 19.6 Å². The van der Waals surface area contributed by atoms with Gasteiger partial charge >= 0.3 is 12.0 Å². The Morgan fingerprint density at radius 3 is 2.44 bits per heavy atom. The number of urea groups is 1. The molecule has 0 aromatic carbocycles. The van der Waals surface area contributed by atoms with Gasteiger partial charge in [0.15, 0.2) is 0 Å². The second-order valence-electron chi connectivity index (χ2n) is 8.86. The highest BCUT2D eigenvalue weighted by Crippen LogP contribution is 2.32. The highest BCUT2D eigenvalue weighted by molar-refractivity contribution is 5.87. The summed E-state index contributed by atoms with van der Waals surface area (Å²) in [7, 11) is 0. The number of rotatable bonds is 6. The van der Waals surface area contributed by atoms with E-state index in [4.69, 9.17) is 0 Å². The molecule has 7 nitrogen and oxygen atoms in total. The number of nitrogens with one attached hydrogen (secondary N) is 2. The molecule has 2 rings (SSSR count). The van der Waals surface area contributed by atoms with Crippen molar-refractivity contribution in [1.82, 2.24) is 15.5 Å². The number of likely N-dealkylation sites (tertiary alicyclic amines) is 1. The van der Waals surface area contributed by atoms with Gasteiger partial charge in [-0.1, -0.05) is 20.8 Å². The van der Waals surface area contributed by atoms with Crippen LogP contribution < -0.4 is 10.6 Å². The van der Waals surface area contributed by atoms with Crippen LogP contribution in [0.5, 0.6) is 0 Å². The van der Waals surface area contributed by atoms with Gasteiger partial charge in [-0.2, -0.15) is 0 Å². The lowest BCUT2D eigenvalue weighted by molar-refractivity contribution is -0.149. The Labute approximate surface area is 162 Å². The molecule has 3 amide bonds. The highest BCUT2D eigenvalue weighted by atomic mass is 16.4. The maximum Gasteiger partial charge on any atom is 0.329 e. The first-order chi connectivity index (χ1) is 12.7. The van der Waals surface area contributed by atoms with Gasteiger partial charge in [-0.3, -0.25) is 4.79 Å². The van der Waals surface area contributed by atoms with Crippen molar-refractivity contribution in [3.05, 3.63) is 0 Å². The third-order valence-corrected chi connectivity index (χ3v) is 5.86. The van der Waals surface area contributed by atoms with Gasteiger partial charge in [0.05, 0.1) is 0 Å². The van der Waals surface area contributed by atoms with E-state index in [1.165, 1.54) is 0 Å². The molecule has 154 valence electrons. The fourth-order valence-corrected chi connectivity index (χ4v) is 4.05. The predicted molar refractivity (Wildman–Crippen MR) is 103 cm³/mol. The van der Waals surface area contributed by atoms with E-state index in [2.05, 4.69) is 17.6 Å². The van der Waals surface area contributed by atoms with Gasteiger partial charge in [0.25, 0.3) is 0 Å². The zero-order chi connectivity index (χ0) is 20.0. The van der Waals surface area contributed by atoms with E-state index in [0.717, 1.165) is 25.7 Å². The topological polar surface area (TPSA) is 98.7 Å². The maximum absolute atomic E-state index is 12.6. The molecule has 1 saturated heterocycles. The van der Waals surface area contributed by atoms with Crippen molar-refractivity contribution < 1.29 is 19.5 Å². The third kappa shape index (κ3) is 6.11. The number of hydrogen-bond acceptors (Lipinski definition) is 3. The summed E-state index contributed by atoms with van der Waals surface area (Å²) in [4.78, 5) is 38.4. The number of amides is 3. The average molecular weight is 382 g/mol. The number of carboxylic acid groups (broad SMARTS) is 1. The minimum Gasteiger partial charge on any atom is -0.480 e. The summed E-state index contributed by atoms with van der Waals surface area (Å²) in [5.41, 5.74) is -1.12. The maximum atomic E-state index is 12.6. The number of carboxylic acids is 1. The fourth-order valence-electron chi connectivity index (χ4n) is 4.05. The molecule has 1 atom stereocenters. The van der Waals surface area contributed by atoms with Crippen LogP contribution in [0.25, 0.3) is 0 Å². The van der Waals surface area contributed by atoms with Gasteiger partial charge in [0.1, 0.15) is 5.54 Å². The van der Waals surface area contributed by atoms with Crippen molar-refractivity contribution in [3.8, 4) is 0 Å². The molecule has 1 aliphatic carbocycles. The molecule has 1 saturated carbocycles. The van der Waals surface area contributed by atoms with E-state index in [9.17, 15) is 19.5 Å². The normalized spacial score (nSPS) is 28.7. The molecule has 0 aromatic rings. The van der Waals surface area contributed by atoms with E-state index in [-0.39, 0.29) is 24.3 Å². The molecule has 27 heavy (non-hydrogen) atoms. The van der Waals surface area contributed by atoms with E-state index < -0.39 is 11.5 Å². The molecule has 1 aliphatic heterocycles. The van der Waals surface area contributed by atoms with Crippen LogP contribution in [0.2, 0.25) is 0 Å². The Kier molecular flexibility index (Phi) is 7.50. The number of carbonyl (C=O) groups is 3. The van der Waals surface area contributed by atoms with Gasteiger partial charge in [-0.05, 0) is 56.3 Å². The zero-order valence-electron chi connectivity index (χ0n) is 16.9.